The van der Waals surface area contributed by atoms with Crippen LogP contribution < -0.4 is 4.73 Å². The Balaban J connectivity index is 3.50. The molecule has 0 saturated heterocycles. The van der Waals surface area contributed by atoms with Gasteiger partial charge in [0.1, 0.15) is 6.07 Å². The minimum Gasteiger partial charge on any atom is -0.617 e. The number of hydrogen-bond acceptors (Lipinski definition) is 3. The first kappa shape index (κ1) is 10.0. The minimum absolute atomic E-state index is 0.0147. The zero-order valence-electron chi connectivity index (χ0n) is 6.45. The van der Waals surface area contributed by atoms with Crippen molar-refractivity contribution in [3.8, 4) is 0 Å². The zero-order valence-corrected chi connectivity index (χ0v) is 7.96. The third kappa shape index (κ3) is 1.66. The van der Waals surface area contributed by atoms with E-state index in [0.717, 1.165) is 6.07 Å². The van der Waals surface area contributed by atoms with Crippen LogP contribution in [0.3, 0.4) is 0 Å². The molecule has 0 radical (unpaired) electrons. The van der Waals surface area contributed by atoms with Crippen molar-refractivity contribution in [2.75, 3.05) is 0 Å². The standard InChI is InChI=1S/C6H4Cl2N2O3/c1-3-6(8)4(10(12)13)2-5(7)9(3)11/h2H,1H3. The van der Waals surface area contributed by atoms with Crippen molar-refractivity contribution < 1.29 is 9.65 Å². The van der Waals surface area contributed by atoms with Crippen molar-refractivity contribution >= 4 is 28.9 Å². The molecular formula is C6H4Cl2N2O3. The fourth-order valence-corrected chi connectivity index (χ4v) is 1.23. The highest BCUT2D eigenvalue weighted by Crippen LogP contribution is 2.27. The molecule has 0 unspecified atom stereocenters. The molecule has 0 N–H and O–H groups in total. The van der Waals surface area contributed by atoms with E-state index >= 15 is 0 Å². The second-order valence-electron chi connectivity index (χ2n) is 2.30. The van der Waals surface area contributed by atoms with E-state index in [-0.39, 0.29) is 21.6 Å². The van der Waals surface area contributed by atoms with Crippen molar-refractivity contribution in [1.29, 1.82) is 0 Å². The van der Waals surface area contributed by atoms with Crippen LogP contribution in [0.1, 0.15) is 5.69 Å². The van der Waals surface area contributed by atoms with Crippen LogP contribution in [0.15, 0.2) is 6.07 Å². The third-order valence-electron chi connectivity index (χ3n) is 1.49. The largest absolute Gasteiger partial charge is 0.617 e. The van der Waals surface area contributed by atoms with Crippen LogP contribution >= 0.6 is 23.2 Å². The smallest absolute Gasteiger partial charge is 0.302 e. The maximum Gasteiger partial charge on any atom is 0.302 e. The van der Waals surface area contributed by atoms with Gasteiger partial charge < -0.3 is 5.21 Å². The summed E-state index contributed by atoms with van der Waals surface area (Å²) in [6, 6.07) is 0.921. The molecule has 0 aliphatic heterocycles. The Kier molecular flexibility index (Phi) is 2.58. The number of aromatic nitrogens is 1. The van der Waals surface area contributed by atoms with Crippen LogP contribution in [0.25, 0.3) is 0 Å². The highest BCUT2D eigenvalue weighted by molar-refractivity contribution is 6.34. The molecule has 1 aromatic heterocycles. The Morgan fingerprint density at radius 2 is 2.08 bits per heavy atom. The minimum atomic E-state index is -0.693. The molecule has 0 saturated carbocycles. The Labute approximate surface area is 83.2 Å². The number of nitro groups is 1. The number of halogens is 2. The van der Waals surface area contributed by atoms with Crippen LogP contribution in [0.2, 0.25) is 10.2 Å². The summed E-state index contributed by atoms with van der Waals surface area (Å²) < 4.78 is 0.330. The molecule has 0 atom stereocenters. The summed E-state index contributed by atoms with van der Waals surface area (Å²) >= 11 is 11.0. The van der Waals surface area contributed by atoms with E-state index in [1.165, 1.54) is 6.92 Å². The predicted molar refractivity (Wildman–Crippen MR) is 46.8 cm³/mol. The van der Waals surface area contributed by atoms with E-state index in [2.05, 4.69) is 0 Å². The van der Waals surface area contributed by atoms with Gasteiger partial charge >= 0.3 is 5.69 Å². The summed E-state index contributed by atoms with van der Waals surface area (Å²) in [6.45, 7) is 1.36. The van der Waals surface area contributed by atoms with Crippen molar-refractivity contribution in [2.24, 2.45) is 0 Å². The first-order valence-corrected chi connectivity index (χ1v) is 3.93. The second-order valence-corrected chi connectivity index (χ2v) is 3.07. The molecule has 0 aromatic carbocycles. The maximum absolute atomic E-state index is 11.0. The highest BCUT2D eigenvalue weighted by Gasteiger charge is 2.23. The Hall–Kier alpha value is -1.07. The lowest BCUT2D eigenvalue weighted by atomic mass is 10.3. The van der Waals surface area contributed by atoms with Gasteiger partial charge in [0.2, 0.25) is 5.69 Å². The first-order valence-electron chi connectivity index (χ1n) is 3.17. The van der Waals surface area contributed by atoms with Gasteiger partial charge in [-0.15, -0.1) is 0 Å². The van der Waals surface area contributed by atoms with E-state index in [9.17, 15) is 15.3 Å². The molecule has 0 aliphatic carbocycles. The third-order valence-corrected chi connectivity index (χ3v) is 2.22. The monoisotopic (exact) mass is 222 g/mol. The van der Waals surface area contributed by atoms with Gasteiger partial charge in [-0.2, -0.15) is 4.73 Å². The summed E-state index contributed by atoms with van der Waals surface area (Å²) in [6.07, 6.45) is 0. The van der Waals surface area contributed by atoms with Gasteiger partial charge in [-0.05, 0) is 11.6 Å². The van der Waals surface area contributed by atoms with Crippen LogP contribution in [0, 0.1) is 22.2 Å². The van der Waals surface area contributed by atoms with Gasteiger partial charge in [0.25, 0.3) is 5.15 Å². The van der Waals surface area contributed by atoms with E-state index in [1.54, 1.807) is 0 Å². The SMILES string of the molecule is Cc1c(Cl)c([N+](=O)[O-])cc(Cl)[n+]1[O-]. The number of hydrogen-bond donors (Lipinski definition) is 0. The summed E-state index contributed by atoms with van der Waals surface area (Å²) in [5, 5.41) is 21.0. The van der Waals surface area contributed by atoms with Crippen LogP contribution in [-0.2, 0) is 0 Å². The molecule has 5 nitrogen and oxygen atoms in total. The quantitative estimate of drug-likeness (QED) is 0.240. The highest BCUT2D eigenvalue weighted by atomic mass is 35.5. The average molecular weight is 223 g/mol. The van der Waals surface area contributed by atoms with E-state index < -0.39 is 4.92 Å². The molecule has 7 heteroatoms. The van der Waals surface area contributed by atoms with Crippen LogP contribution in [-0.4, -0.2) is 4.92 Å². The molecule has 13 heavy (non-hydrogen) atoms. The molecule has 0 fully saturated rings. The lowest BCUT2D eigenvalue weighted by Crippen LogP contribution is -2.31. The Morgan fingerprint density at radius 3 is 2.54 bits per heavy atom. The lowest BCUT2D eigenvalue weighted by Gasteiger charge is -2.03. The van der Waals surface area contributed by atoms with E-state index in [1.807, 2.05) is 0 Å². The van der Waals surface area contributed by atoms with Crippen molar-refractivity contribution in [1.82, 2.24) is 0 Å². The van der Waals surface area contributed by atoms with Gasteiger partial charge in [-0.1, -0.05) is 11.6 Å². The molecule has 0 amide bonds. The summed E-state index contributed by atoms with van der Waals surface area (Å²) in [7, 11) is 0. The molecule has 70 valence electrons. The number of rotatable bonds is 1. The summed E-state index contributed by atoms with van der Waals surface area (Å²) in [4.78, 5) is 9.70. The maximum atomic E-state index is 11.0. The Morgan fingerprint density at radius 1 is 1.54 bits per heavy atom. The normalized spacial score (nSPS) is 10.1. The number of nitrogens with zero attached hydrogens (tertiary/aromatic N) is 2. The Bertz CT molecular complexity index is 381. The van der Waals surface area contributed by atoms with Gasteiger partial charge in [-0.25, -0.2) is 0 Å². The van der Waals surface area contributed by atoms with Gasteiger partial charge in [0.05, 0.1) is 4.92 Å². The molecule has 1 heterocycles. The van der Waals surface area contributed by atoms with Crippen LogP contribution in [0.4, 0.5) is 5.69 Å². The van der Waals surface area contributed by atoms with E-state index in [0.29, 0.717) is 4.73 Å². The molecule has 0 aliphatic rings. The fourth-order valence-electron chi connectivity index (χ4n) is 0.802. The average Bonchev–Trinajstić information content (AvgIpc) is 2.07. The zero-order chi connectivity index (χ0) is 10.2. The van der Waals surface area contributed by atoms with E-state index in [4.69, 9.17) is 23.2 Å². The summed E-state index contributed by atoms with van der Waals surface area (Å²) in [5.74, 6) is 0. The van der Waals surface area contributed by atoms with Crippen molar-refractivity contribution in [3.63, 3.8) is 0 Å². The van der Waals surface area contributed by atoms with Gasteiger partial charge in [0, 0.05) is 6.92 Å². The molecular weight excluding hydrogens is 219 g/mol. The molecule has 1 rings (SSSR count). The summed E-state index contributed by atoms with van der Waals surface area (Å²) in [5.41, 5.74) is -0.350. The van der Waals surface area contributed by atoms with Crippen LogP contribution in [0.5, 0.6) is 0 Å². The molecule has 0 bridgehead atoms. The molecule has 1 aromatic rings. The predicted octanol–water partition coefficient (Wildman–Crippen LogP) is 1.84. The molecule has 0 spiro atoms. The lowest BCUT2D eigenvalue weighted by molar-refractivity contribution is -0.610. The van der Waals surface area contributed by atoms with Crippen molar-refractivity contribution in [3.05, 3.63) is 37.3 Å². The van der Waals surface area contributed by atoms with Gasteiger partial charge in [0.15, 0.2) is 5.02 Å². The first-order chi connectivity index (χ1) is 5.95. The van der Waals surface area contributed by atoms with Gasteiger partial charge in [-0.3, -0.25) is 10.1 Å². The second kappa shape index (κ2) is 3.35. The fraction of sp³-hybridized carbons (Fsp3) is 0.167. The number of pyridine rings is 1. The topological polar surface area (TPSA) is 70.1 Å². The van der Waals surface area contributed by atoms with Crippen molar-refractivity contribution in [2.45, 2.75) is 6.92 Å².